The zero-order chi connectivity index (χ0) is 15.4. The van der Waals surface area contributed by atoms with Gasteiger partial charge in [0.1, 0.15) is 5.75 Å². The first-order valence-corrected chi connectivity index (χ1v) is 7.32. The van der Waals surface area contributed by atoms with Crippen molar-refractivity contribution >= 4 is 11.6 Å². The number of fused-ring (bicyclic) bond motifs is 1. The monoisotopic (exact) mass is 292 g/mol. The summed E-state index contributed by atoms with van der Waals surface area (Å²) in [6, 6.07) is 16.5. The fourth-order valence-electron chi connectivity index (χ4n) is 2.53. The maximum atomic E-state index is 12.4. The third kappa shape index (κ3) is 2.98. The van der Waals surface area contributed by atoms with Crippen molar-refractivity contribution in [1.82, 2.24) is 0 Å². The van der Waals surface area contributed by atoms with Gasteiger partial charge in [0, 0.05) is 16.7 Å². The van der Waals surface area contributed by atoms with Crippen molar-refractivity contribution in [3.63, 3.8) is 0 Å². The molecule has 110 valence electrons. The van der Waals surface area contributed by atoms with Crippen LogP contribution in [0.1, 0.15) is 33.6 Å². The highest BCUT2D eigenvalue weighted by atomic mass is 16.5. The number of hydrogen-bond donors (Lipinski definition) is 0. The van der Waals surface area contributed by atoms with Crippen molar-refractivity contribution in [3.05, 3.63) is 77.4 Å². The summed E-state index contributed by atoms with van der Waals surface area (Å²) in [5.41, 5.74) is 1.58. The van der Waals surface area contributed by atoms with Gasteiger partial charge in [-0.1, -0.05) is 42.5 Å². The Balaban J connectivity index is 1.60. The van der Waals surface area contributed by atoms with E-state index in [0.717, 1.165) is 5.75 Å². The quantitative estimate of drug-likeness (QED) is 0.786. The highest BCUT2D eigenvalue weighted by molar-refractivity contribution is 6.24. The number of carbonyl (C=O) groups is 2. The van der Waals surface area contributed by atoms with Gasteiger partial charge in [-0.15, -0.1) is 0 Å². The molecule has 0 aromatic heterocycles. The van der Waals surface area contributed by atoms with E-state index in [1.165, 1.54) is 6.08 Å². The van der Waals surface area contributed by atoms with E-state index in [2.05, 4.69) is 0 Å². The Labute approximate surface area is 129 Å². The molecule has 0 atom stereocenters. The van der Waals surface area contributed by atoms with Gasteiger partial charge in [-0.25, -0.2) is 0 Å². The Hall–Kier alpha value is -2.68. The fourth-order valence-corrected chi connectivity index (χ4v) is 2.53. The molecule has 0 unspecified atom stereocenters. The summed E-state index contributed by atoms with van der Waals surface area (Å²) in [6.45, 7) is 0.518. The van der Waals surface area contributed by atoms with Crippen LogP contribution in [0.5, 0.6) is 5.75 Å². The van der Waals surface area contributed by atoms with E-state index in [9.17, 15) is 9.59 Å². The zero-order valence-electron chi connectivity index (χ0n) is 12.1. The number of ketones is 2. The molecule has 0 saturated heterocycles. The Morgan fingerprint density at radius 2 is 1.50 bits per heavy atom. The third-order valence-corrected chi connectivity index (χ3v) is 3.64. The molecule has 3 heteroatoms. The highest BCUT2D eigenvalue weighted by Crippen LogP contribution is 2.23. The average Bonchev–Trinajstić information content (AvgIpc) is 2.57. The van der Waals surface area contributed by atoms with E-state index in [0.29, 0.717) is 36.1 Å². The molecule has 0 spiro atoms. The molecule has 2 aromatic rings. The van der Waals surface area contributed by atoms with E-state index in [-0.39, 0.29) is 11.6 Å². The number of benzene rings is 2. The van der Waals surface area contributed by atoms with Crippen molar-refractivity contribution < 1.29 is 14.3 Å². The molecule has 0 heterocycles. The summed E-state index contributed by atoms with van der Waals surface area (Å²) < 4.78 is 5.61. The molecule has 22 heavy (non-hydrogen) atoms. The molecular formula is C19H16O3. The summed E-state index contributed by atoms with van der Waals surface area (Å²) >= 11 is 0. The molecule has 2 aromatic carbocycles. The Morgan fingerprint density at radius 3 is 2.27 bits per heavy atom. The summed E-state index contributed by atoms with van der Waals surface area (Å²) in [5, 5.41) is 0. The molecule has 0 N–H and O–H groups in total. The lowest BCUT2D eigenvalue weighted by Gasteiger charge is -2.15. The van der Waals surface area contributed by atoms with E-state index >= 15 is 0 Å². The Bertz CT molecular complexity index is 729. The summed E-state index contributed by atoms with van der Waals surface area (Å²) in [7, 11) is 0. The lowest BCUT2D eigenvalue weighted by Crippen LogP contribution is -2.17. The second-order valence-corrected chi connectivity index (χ2v) is 5.17. The minimum atomic E-state index is -0.0887. The second kappa shape index (κ2) is 6.39. The van der Waals surface area contributed by atoms with Crippen LogP contribution in [-0.4, -0.2) is 18.2 Å². The van der Waals surface area contributed by atoms with Crippen molar-refractivity contribution in [1.29, 1.82) is 0 Å². The zero-order valence-corrected chi connectivity index (χ0v) is 12.1. The normalized spacial score (nSPS) is 13.5. The SMILES string of the molecule is O=C1C=C(CCCOc2ccccc2)C(=O)c2ccccc21. The van der Waals surface area contributed by atoms with Crippen molar-refractivity contribution in [2.75, 3.05) is 6.61 Å². The molecule has 0 radical (unpaired) electrons. The van der Waals surface area contributed by atoms with Crippen LogP contribution in [0, 0.1) is 0 Å². The predicted octanol–water partition coefficient (Wildman–Crippen LogP) is 3.85. The molecule has 3 rings (SSSR count). The largest absolute Gasteiger partial charge is 0.494 e. The molecule has 0 amide bonds. The Kier molecular flexibility index (Phi) is 4.15. The van der Waals surface area contributed by atoms with Gasteiger partial charge in [-0.2, -0.15) is 0 Å². The van der Waals surface area contributed by atoms with Crippen molar-refractivity contribution in [2.45, 2.75) is 12.8 Å². The maximum absolute atomic E-state index is 12.4. The van der Waals surface area contributed by atoms with Gasteiger partial charge in [0.15, 0.2) is 11.6 Å². The van der Waals surface area contributed by atoms with Crippen molar-refractivity contribution in [2.24, 2.45) is 0 Å². The summed E-state index contributed by atoms with van der Waals surface area (Å²) in [4.78, 5) is 24.4. The first-order valence-electron chi connectivity index (χ1n) is 7.32. The summed E-state index contributed by atoms with van der Waals surface area (Å²) in [6.07, 6.45) is 2.71. The van der Waals surface area contributed by atoms with Crippen LogP contribution in [0.15, 0.2) is 66.2 Å². The smallest absolute Gasteiger partial charge is 0.189 e. The maximum Gasteiger partial charge on any atom is 0.189 e. The number of ether oxygens (including phenoxy) is 1. The minimum Gasteiger partial charge on any atom is -0.494 e. The molecule has 0 saturated carbocycles. The number of hydrogen-bond acceptors (Lipinski definition) is 3. The van der Waals surface area contributed by atoms with E-state index in [1.54, 1.807) is 24.3 Å². The van der Waals surface area contributed by atoms with Crippen LogP contribution < -0.4 is 4.74 Å². The third-order valence-electron chi connectivity index (χ3n) is 3.64. The molecule has 0 aliphatic heterocycles. The molecule has 3 nitrogen and oxygen atoms in total. The van der Waals surface area contributed by atoms with Crippen molar-refractivity contribution in [3.8, 4) is 5.75 Å². The number of carbonyl (C=O) groups excluding carboxylic acids is 2. The standard InChI is InChI=1S/C19H16O3/c20-18-13-14(19(21)17-11-5-4-10-16(17)18)7-6-12-22-15-8-2-1-3-9-15/h1-5,8-11,13H,6-7,12H2. The second-order valence-electron chi connectivity index (χ2n) is 5.17. The summed E-state index contributed by atoms with van der Waals surface area (Å²) in [5.74, 6) is 0.678. The van der Waals surface area contributed by atoms with Crippen LogP contribution in [-0.2, 0) is 0 Å². The van der Waals surface area contributed by atoms with E-state index in [4.69, 9.17) is 4.74 Å². The van der Waals surface area contributed by atoms with E-state index in [1.807, 2.05) is 30.3 Å². The molecular weight excluding hydrogens is 276 g/mol. The van der Waals surface area contributed by atoms with Gasteiger partial charge in [0.25, 0.3) is 0 Å². The van der Waals surface area contributed by atoms with Gasteiger partial charge in [-0.05, 0) is 31.1 Å². The van der Waals surface area contributed by atoms with Gasteiger partial charge in [-0.3, -0.25) is 9.59 Å². The number of Topliss-reactive ketones (excluding diaryl/α,β-unsaturated/α-hetero) is 1. The van der Waals surface area contributed by atoms with Crippen LogP contribution in [0.4, 0.5) is 0 Å². The lowest BCUT2D eigenvalue weighted by molar-refractivity contribution is 0.0980. The first kappa shape index (κ1) is 14.3. The number of allylic oxidation sites excluding steroid dienone is 2. The molecule has 0 fully saturated rings. The average molecular weight is 292 g/mol. The number of rotatable bonds is 5. The lowest BCUT2D eigenvalue weighted by atomic mass is 9.88. The molecule has 1 aliphatic carbocycles. The minimum absolute atomic E-state index is 0.0464. The van der Waals surface area contributed by atoms with Gasteiger partial charge >= 0.3 is 0 Å². The van der Waals surface area contributed by atoms with Gasteiger partial charge in [0.05, 0.1) is 6.61 Å². The topological polar surface area (TPSA) is 43.4 Å². The first-order chi connectivity index (χ1) is 10.8. The van der Waals surface area contributed by atoms with Gasteiger partial charge < -0.3 is 4.74 Å². The van der Waals surface area contributed by atoms with Gasteiger partial charge in [0.2, 0.25) is 0 Å². The predicted molar refractivity (Wildman–Crippen MR) is 84.4 cm³/mol. The van der Waals surface area contributed by atoms with Crippen LogP contribution in [0.2, 0.25) is 0 Å². The molecule has 1 aliphatic rings. The van der Waals surface area contributed by atoms with E-state index < -0.39 is 0 Å². The fraction of sp³-hybridized carbons (Fsp3) is 0.158. The van der Waals surface area contributed by atoms with Crippen LogP contribution in [0.25, 0.3) is 0 Å². The van der Waals surface area contributed by atoms with Crippen LogP contribution >= 0.6 is 0 Å². The van der Waals surface area contributed by atoms with Crippen LogP contribution in [0.3, 0.4) is 0 Å². The number of para-hydroxylation sites is 1. The Morgan fingerprint density at radius 1 is 0.818 bits per heavy atom. The highest BCUT2D eigenvalue weighted by Gasteiger charge is 2.24. The molecule has 0 bridgehead atoms.